The van der Waals surface area contributed by atoms with Crippen LogP contribution in [0.25, 0.3) is 0 Å². The van der Waals surface area contributed by atoms with E-state index < -0.39 is 49.4 Å². The zero-order valence-electron chi connectivity index (χ0n) is 10.0. The molecule has 0 fully saturated rings. The van der Waals surface area contributed by atoms with Crippen molar-refractivity contribution in [3.05, 3.63) is 0 Å². The third kappa shape index (κ3) is 4.30. The molecule has 0 saturated heterocycles. The molecule has 0 spiro atoms. The molecule has 0 aliphatic rings. The highest BCUT2D eigenvalue weighted by Crippen LogP contribution is 2.47. The Labute approximate surface area is 108 Å². The molecule has 9 nitrogen and oxygen atoms in total. The first-order valence-electron chi connectivity index (χ1n) is 5.20. The Morgan fingerprint density at radius 1 is 1.11 bits per heavy atom. The van der Waals surface area contributed by atoms with Crippen molar-refractivity contribution in [3.63, 3.8) is 0 Å². The molecule has 0 bridgehead atoms. The van der Waals surface area contributed by atoms with Crippen molar-refractivity contribution in [2.24, 2.45) is 11.3 Å². The Bertz CT molecular complexity index is 409. The number of carbonyl (C=O) groups is 3. The molecular formula is C9H15O9P. The molecule has 0 aliphatic heterocycles. The fourth-order valence-electron chi connectivity index (χ4n) is 1.91. The van der Waals surface area contributed by atoms with Gasteiger partial charge in [-0.2, -0.15) is 0 Å². The number of aliphatic carboxylic acids is 3. The quantitative estimate of drug-likeness (QED) is 0.301. The highest BCUT2D eigenvalue weighted by atomic mass is 31.2. The molecule has 0 rings (SSSR count). The van der Waals surface area contributed by atoms with Gasteiger partial charge in [-0.05, 0) is 5.92 Å². The molecule has 10 heteroatoms. The van der Waals surface area contributed by atoms with Gasteiger partial charge in [-0.3, -0.25) is 18.9 Å². The summed E-state index contributed by atoms with van der Waals surface area (Å²) >= 11 is 0. The fourth-order valence-corrected chi connectivity index (χ4v) is 3.09. The topological polar surface area (TPSA) is 169 Å². The van der Waals surface area contributed by atoms with Crippen LogP contribution in [-0.4, -0.2) is 49.2 Å². The minimum Gasteiger partial charge on any atom is -0.481 e. The standard InChI is InChI=1S/C9H15O9P/c1-2-5(3-6(10)11)9(7(12)13,8(14)15)4-19(16,17)18/h5H,2-4H2,1H3,(H,10,11)(H,12,13)(H,14,15)(H2,16,17,18). The van der Waals surface area contributed by atoms with E-state index in [2.05, 4.69) is 0 Å². The van der Waals surface area contributed by atoms with Gasteiger partial charge in [0.2, 0.25) is 0 Å². The van der Waals surface area contributed by atoms with E-state index >= 15 is 0 Å². The van der Waals surface area contributed by atoms with Gasteiger partial charge in [0.05, 0.1) is 6.16 Å². The van der Waals surface area contributed by atoms with Crippen molar-refractivity contribution in [2.75, 3.05) is 6.16 Å². The lowest BCUT2D eigenvalue weighted by Crippen LogP contribution is -2.49. The van der Waals surface area contributed by atoms with E-state index in [1.807, 2.05) is 0 Å². The molecule has 5 N–H and O–H groups in total. The molecule has 1 unspecified atom stereocenters. The summed E-state index contributed by atoms with van der Waals surface area (Å²) in [5, 5.41) is 26.8. The van der Waals surface area contributed by atoms with Gasteiger partial charge >= 0.3 is 25.5 Å². The van der Waals surface area contributed by atoms with E-state index in [1.165, 1.54) is 6.92 Å². The third-order valence-corrected chi connectivity index (χ3v) is 3.74. The van der Waals surface area contributed by atoms with Gasteiger partial charge in [-0.1, -0.05) is 13.3 Å². The summed E-state index contributed by atoms with van der Waals surface area (Å²) in [5.74, 6) is -6.80. The maximum Gasteiger partial charge on any atom is 0.327 e. The molecule has 110 valence electrons. The van der Waals surface area contributed by atoms with Crippen LogP contribution in [0.15, 0.2) is 0 Å². The van der Waals surface area contributed by atoms with Crippen molar-refractivity contribution in [2.45, 2.75) is 19.8 Å². The van der Waals surface area contributed by atoms with Gasteiger partial charge in [0, 0.05) is 6.42 Å². The predicted molar refractivity (Wildman–Crippen MR) is 60.6 cm³/mol. The van der Waals surface area contributed by atoms with Crippen molar-refractivity contribution in [1.82, 2.24) is 0 Å². The normalized spacial score (nSPS) is 13.8. The predicted octanol–water partition coefficient (Wildman–Crippen LogP) is -0.179. The van der Waals surface area contributed by atoms with E-state index in [0.717, 1.165) is 0 Å². The average Bonchev–Trinajstić information content (AvgIpc) is 2.20. The maximum atomic E-state index is 11.2. The first-order chi connectivity index (χ1) is 8.47. The molecule has 19 heavy (non-hydrogen) atoms. The molecule has 0 aliphatic carbocycles. The molecule has 0 radical (unpaired) electrons. The molecule has 0 amide bonds. The second-order valence-electron chi connectivity index (χ2n) is 4.11. The summed E-state index contributed by atoms with van der Waals surface area (Å²) < 4.78 is 11.0. The van der Waals surface area contributed by atoms with Gasteiger partial charge in [-0.25, -0.2) is 0 Å². The maximum absolute atomic E-state index is 11.2. The molecule has 0 aromatic rings. The second-order valence-corrected chi connectivity index (χ2v) is 5.75. The smallest absolute Gasteiger partial charge is 0.327 e. The Morgan fingerprint density at radius 3 is 1.74 bits per heavy atom. The zero-order chi connectivity index (χ0) is 15.4. The van der Waals surface area contributed by atoms with Gasteiger partial charge in [0.25, 0.3) is 0 Å². The van der Waals surface area contributed by atoms with Crippen LogP contribution in [0.4, 0.5) is 0 Å². The first-order valence-corrected chi connectivity index (χ1v) is 7.00. The van der Waals surface area contributed by atoms with E-state index in [4.69, 9.17) is 25.1 Å². The van der Waals surface area contributed by atoms with Crippen molar-refractivity contribution < 1.29 is 44.1 Å². The lowest BCUT2D eigenvalue weighted by molar-refractivity contribution is -0.168. The van der Waals surface area contributed by atoms with E-state index in [9.17, 15) is 18.9 Å². The first kappa shape index (κ1) is 17.6. The largest absolute Gasteiger partial charge is 0.481 e. The molecular weight excluding hydrogens is 283 g/mol. The summed E-state index contributed by atoms with van der Waals surface area (Å²) in [7, 11) is -4.96. The number of carboxylic acids is 3. The summed E-state index contributed by atoms with van der Waals surface area (Å²) in [6, 6.07) is 0. The summed E-state index contributed by atoms with van der Waals surface area (Å²) in [6.07, 6.45) is -2.42. The molecule has 0 aromatic carbocycles. The number of rotatable bonds is 8. The van der Waals surface area contributed by atoms with Crippen LogP contribution in [0.3, 0.4) is 0 Å². The Balaban J connectivity index is 5.82. The Hall–Kier alpha value is -1.44. The van der Waals surface area contributed by atoms with E-state index in [1.54, 1.807) is 0 Å². The molecule has 1 atom stereocenters. The van der Waals surface area contributed by atoms with Crippen LogP contribution in [-0.2, 0) is 18.9 Å². The second kappa shape index (κ2) is 6.14. The Kier molecular flexibility index (Phi) is 5.67. The van der Waals surface area contributed by atoms with Crippen LogP contribution in [0.5, 0.6) is 0 Å². The summed E-state index contributed by atoms with van der Waals surface area (Å²) in [6.45, 7) is 1.36. The van der Waals surface area contributed by atoms with Crippen LogP contribution < -0.4 is 0 Å². The third-order valence-electron chi connectivity index (χ3n) is 2.83. The number of hydrogen-bond donors (Lipinski definition) is 5. The van der Waals surface area contributed by atoms with Crippen LogP contribution in [0.1, 0.15) is 19.8 Å². The highest BCUT2D eigenvalue weighted by Gasteiger charge is 2.56. The zero-order valence-corrected chi connectivity index (χ0v) is 10.9. The number of hydrogen-bond acceptors (Lipinski definition) is 4. The SMILES string of the molecule is CCC(CC(=O)O)C(CP(=O)(O)O)(C(=O)O)C(=O)O. The van der Waals surface area contributed by atoms with Crippen molar-refractivity contribution in [3.8, 4) is 0 Å². The number of carboxylic acid groups (broad SMARTS) is 3. The lowest BCUT2D eigenvalue weighted by Gasteiger charge is -2.32. The highest BCUT2D eigenvalue weighted by molar-refractivity contribution is 7.51. The fraction of sp³-hybridized carbons (Fsp3) is 0.667. The van der Waals surface area contributed by atoms with E-state index in [0.29, 0.717) is 0 Å². The van der Waals surface area contributed by atoms with Crippen molar-refractivity contribution >= 4 is 25.5 Å². The molecule has 0 saturated carbocycles. The van der Waals surface area contributed by atoms with E-state index in [-0.39, 0.29) is 6.42 Å². The van der Waals surface area contributed by atoms with Crippen molar-refractivity contribution in [1.29, 1.82) is 0 Å². The van der Waals surface area contributed by atoms with Crippen LogP contribution >= 0.6 is 7.60 Å². The van der Waals surface area contributed by atoms with Crippen LogP contribution in [0.2, 0.25) is 0 Å². The minimum atomic E-state index is -4.96. The molecule has 0 heterocycles. The van der Waals surface area contributed by atoms with Gasteiger partial charge in [0.15, 0.2) is 5.41 Å². The Morgan fingerprint density at radius 2 is 1.53 bits per heavy atom. The minimum absolute atomic E-state index is 0.162. The van der Waals surface area contributed by atoms with Crippen LogP contribution in [0, 0.1) is 11.3 Å². The van der Waals surface area contributed by atoms with Gasteiger partial charge in [0.1, 0.15) is 0 Å². The van der Waals surface area contributed by atoms with Gasteiger partial charge in [-0.15, -0.1) is 0 Å². The average molecular weight is 298 g/mol. The lowest BCUT2D eigenvalue weighted by atomic mass is 9.73. The van der Waals surface area contributed by atoms with Gasteiger partial charge < -0.3 is 25.1 Å². The molecule has 0 aromatic heterocycles. The monoisotopic (exact) mass is 298 g/mol. The summed E-state index contributed by atoms with van der Waals surface area (Å²) in [5.41, 5.74) is -2.83. The summed E-state index contributed by atoms with van der Waals surface area (Å²) in [4.78, 5) is 50.8.